The lowest BCUT2D eigenvalue weighted by atomic mass is 10.0. The first kappa shape index (κ1) is 31.1. The Hall–Kier alpha value is -2.85. The highest BCUT2D eigenvalue weighted by Crippen LogP contribution is 2.33. The number of piperazine rings is 1. The molecule has 2 aromatic rings. The second-order valence-corrected chi connectivity index (χ2v) is 11.6. The Morgan fingerprint density at radius 3 is 2.51 bits per heavy atom. The van der Waals surface area contributed by atoms with E-state index in [0.717, 1.165) is 61.7 Å². The number of carbonyl (C=O) groups is 3. The summed E-state index contributed by atoms with van der Waals surface area (Å²) in [5, 5.41) is 3.75. The van der Waals surface area contributed by atoms with E-state index in [1.54, 1.807) is 12.1 Å². The van der Waals surface area contributed by atoms with Crippen molar-refractivity contribution in [1.29, 1.82) is 0 Å². The number of fused-ring (bicyclic) bond motifs is 1. The smallest absolute Gasteiger partial charge is 0.253 e. The van der Waals surface area contributed by atoms with Crippen LogP contribution in [0.15, 0.2) is 36.4 Å². The van der Waals surface area contributed by atoms with E-state index in [2.05, 4.69) is 15.1 Å². The fourth-order valence-electron chi connectivity index (χ4n) is 5.05. The minimum Gasteiger partial charge on any atom is -0.494 e. The number of ether oxygens (including phenoxy) is 1. The van der Waals surface area contributed by atoms with Crippen LogP contribution < -0.4 is 25.6 Å². The van der Waals surface area contributed by atoms with Crippen molar-refractivity contribution >= 4 is 52.3 Å². The molecule has 1 atom stereocenters. The molecule has 0 saturated carbocycles. The zero-order valence-corrected chi connectivity index (χ0v) is 25.2. The summed E-state index contributed by atoms with van der Waals surface area (Å²) >= 11 is 12.6. The molecule has 1 fully saturated rings. The van der Waals surface area contributed by atoms with Crippen molar-refractivity contribution in [2.75, 3.05) is 55.7 Å². The van der Waals surface area contributed by atoms with Crippen LogP contribution in [0.1, 0.15) is 38.7 Å². The number of unbranched alkanes of at least 4 members (excludes halogenated alkanes) is 1. The molecule has 4 rings (SSSR count). The highest BCUT2D eigenvalue weighted by atomic mass is 35.5. The summed E-state index contributed by atoms with van der Waals surface area (Å²) in [5.74, 6) is -0.654. The van der Waals surface area contributed by atoms with Gasteiger partial charge < -0.3 is 20.7 Å². The lowest BCUT2D eigenvalue weighted by Gasteiger charge is -2.36. The van der Waals surface area contributed by atoms with Gasteiger partial charge in [-0.1, -0.05) is 49.2 Å². The van der Waals surface area contributed by atoms with Gasteiger partial charge in [0.2, 0.25) is 11.8 Å². The first-order valence-corrected chi connectivity index (χ1v) is 15.0. The first-order chi connectivity index (χ1) is 19.7. The summed E-state index contributed by atoms with van der Waals surface area (Å²) in [4.78, 5) is 43.7. The molecule has 3 amide bonds. The molecule has 222 valence electrons. The summed E-state index contributed by atoms with van der Waals surface area (Å²) in [5.41, 5.74) is 8.26. The van der Waals surface area contributed by atoms with Crippen LogP contribution >= 0.6 is 23.2 Å². The summed E-state index contributed by atoms with van der Waals surface area (Å²) in [6.45, 7) is 8.58. The number of aryl methyl sites for hydroxylation is 1. The Morgan fingerprint density at radius 2 is 1.78 bits per heavy atom. The molecule has 9 nitrogen and oxygen atoms in total. The second-order valence-electron chi connectivity index (χ2n) is 10.9. The highest BCUT2D eigenvalue weighted by molar-refractivity contribution is 6.43. The number of rotatable bonds is 11. The maximum absolute atomic E-state index is 13.0. The van der Waals surface area contributed by atoms with Crippen LogP contribution in [0.3, 0.4) is 0 Å². The zero-order chi connectivity index (χ0) is 29.5. The number of hydrogen-bond acceptors (Lipinski definition) is 7. The maximum Gasteiger partial charge on any atom is 0.253 e. The highest BCUT2D eigenvalue weighted by Gasteiger charge is 2.30. The van der Waals surface area contributed by atoms with E-state index in [4.69, 9.17) is 33.7 Å². The third-order valence-electron chi connectivity index (χ3n) is 7.62. The normalized spacial score (nSPS) is 16.5. The molecule has 0 radical (unpaired) electrons. The molecule has 2 aliphatic rings. The van der Waals surface area contributed by atoms with Gasteiger partial charge in [0.25, 0.3) is 5.91 Å². The molecule has 3 N–H and O–H groups in total. The van der Waals surface area contributed by atoms with Crippen molar-refractivity contribution in [1.82, 2.24) is 10.2 Å². The number of benzene rings is 2. The van der Waals surface area contributed by atoms with E-state index >= 15 is 0 Å². The quantitative estimate of drug-likeness (QED) is 0.375. The number of halogens is 2. The molecule has 1 saturated heterocycles. The molecule has 0 spiro atoms. The second kappa shape index (κ2) is 14.4. The number of carbonyl (C=O) groups excluding carboxylic acids is 3. The van der Waals surface area contributed by atoms with Crippen LogP contribution in [0.25, 0.3) is 0 Å². The van der Waals surface area contributed by atoms with Crippen molar-refractivity contribution in [3.8, 4) is 5.75 Å². The molecule has 0 aromatic heterocycles. The predicted octanol–water partition coefficient (Wildman–Crippen LogP) is 3.88. The number of hydrogen-bond donors (Lipinski definition) is 2. The van der Waals surface area contributed by atoms with Crippen molar-refractivity contribution in [2.24, 2.45) is 11.7 Å². The van der Waals surface area contributed by atoms with Gasteiger partial charge >= 0.3 is 0 Å². The van der Waals surface area contributed by atoms with E-state index in [9.17, 15) is 14.4 Å². The molecular formula is C30H39Cl2N5O4. The lowest BCUT2D eigenvalue weighted by molar-refractivity contribution is -0.129. The van der Waals surface area contributed by atoms with Crippen molar-refractivity contribution in [2.45, 2.75) is 45.6 Å². The van der Waals surface area contributed by atoms with Gasteiger partial charge in [-0.2, -0.15) is 0 Å². The molecular weight excluding hydrogens is 565 g/mol. The number of amides is 3. The lowest BCUT2D eigenvalue weighted by Crippen LogP contribution is -2.50. The zero-order valence-electron chi connectivity index (χ0n) is 23.7. The summed E-state index contributed by atoms with van der Waals surface area (Å²) < 4.78 is 5.99. The van der Waals surface area contributed by atoms with Crippen LogP contribution in [-0.4, -0.2) is 74.5 Å². The van der Waals surface area contributed by atoms with Gasteiger partial charge in [-0.25, -0.2) is 4.90 Å². The topological polar surface area (TPSA) is 108 Å². The molecule has 11 heteroatoms. The Balaban J connectivity index is 1.23. The van der Waals surface area contributed by atoms with Crippen LogP contribution in [0.2, 0.25) is 10.0 Å². The Labute approximate surface area is 251 Å². The average molecular weight is 605 g/mol. The van der Waals surface area contributed by atoms with E-state index in [0.29, 0.717) is 34.5 Å². The van der Waals surface area contributed by atoms with Gasteiger partial charge in [-0.05, 0) is 55.5 Å². The molecule has 2 aromatic carbocycles. The van der Waals surface area contributed by atoms with Gasteiger partial charge in [0.15, 0.2) is 0 Å². The van der Waals surface area contributed by atoms with Crippen LogP contribution in [0.5, 0.6) is 5.75 Å². The number of nitrogens with zero attached hydrogens (tertiary/aromatic N) is 3. The Morgan fingerprint density at radius 1 is 1.02 bits per heavy atom. The van der Waals surface area contributed by atoms with Gasteiger partial charge in [-0.15, -0.1) is 0 Å². The third-order valence-corrected chi connectivity index (χ3v) is 8.43. The standard InChI is InChI=1S/C30H39Cl2N5O4/c1-20(2)29(33)30(40)34-19-27(39)37-25-18-22(10-8-21(25)9-11-26(37)38)41-17-4-3-12-35-13-15-36(16-14-35)24-7-5-6-23(31)28(24)32/h5-8,10,18,20,29H,3-4,9,11-17,19,33H2,1-2H3,(H,34,40). The minimum absolute atomic E-state index is 0.0632. The average Bonchev–Trinajstić information content (AvgIpc) is 2.96. The molecule has 0 aliphatic carbocycles. The van der Waals surface area contributed by atoms with Gasteiger partial charge in [0, 0.05) is 38.7 Å². The monoisotopic (exact) mass is 603 g/mol. The molecule has 2 aliphatic heterocycles. The van der Waals surface area contributed by atoms with Crippen LogP contribution in [0, 0.1) is 5.92 Å². The Kier molecular flexibility index (Phi) is 10.9. The van der Waals surface area contributed by atoms with Gasteiger partial charge in [0.1, 0.15) is 5.75 Å². The molecule has 1 unspecified atom stereocenters. The van der Waals surface area contributed by atoms with E-state index in [1.165, 1.54) is 0 Å². The number of imide groups is 1. The van der Waals surface area contributed by atoms with E-state index < -0.39 is 17.9 Å². The van der Waals surface area contributed by atoms with E-state index in [1.807, 2.05) is 38.1 Å². The van der Waals surface area contributed by atoms with Crippen molar-refractivity contribution < 1.29 is 19.1 Å². The largest absolute Gasteiger partial charge is 0.494 e. The summed E-state index contributed by atoms with van der Waals surface area (Å²) in [7, 11) is 0. The Bertz CT molecular complexity index is 1250. The SMILES string of the molecule is CC(C)C(N)C(=O)NCC(=O)N1C(=O)CCc2ccc(OCCCCN3CCN(c4cccc(Cl)c4Cl)CC3)cc21. The number of anilines is 2. The first-order valence-electron chi connectivity index (χ1n) is 14.2. The molecule has 2 heterocycles. The van der Waals surface area contributed by atoms with E-state index in [-0.39, 0.29) is 24.8 Å². The molecule has 0 bridgehead atoms. The summed E-state index contributed by atoms with van der Waals surface area (Å²) in [6, 6.07) is 10.5. The predicted molar refractivity (Wildman–Crippen MR) is 163 cm³/mol. The van der Waals surface area contributed by atoms with Crippen LogP contribution in [0.4, 0.5) is 11.4 Å². The van der Waals surface area contributed by atoms with Crippen molar-refractivity contribution in [3.05, 3.63) is 52.0 Å². The minimum atomic E-state index is -0.718. The fraction of sp³-hybridized carbons (Fsp3) is 0.500. The third kappa shape index (κ3) is 7.92. The van der Waals surface area contributed by atoms with Gasteiger partial charge in [0.05, 0.1) is 40.6 Å². The fourth-order valence-corrected chi connectivity index (χ4v) is 5.47. The van der Waals surface area contributed by atoms with Crippen LogP contribution in [-0.2, 0) is 20.8 Å². The maximum atomic E-state index is 13.0. The number of nitrogens with one attached hydrogen (secondary N) is 1. The summed E-state index contributed by atoms with van der Waals surface area (Å²) in [6.07, 6.45) is 2.66. The van der Waals surface area contributed by atoms with Gasteiger partial charge in [-0.3, -0.25) is 19.3 Å². The molecule has 41 heavy (non-hydrogen) atoms. The van der Waals surface area contributed by atoms with Crippen molar-refractivity contribution in [3.63, 3.8) is 0 Å². The number of nitrogens with two attached hydrogens (primary N) is 1.